The fraction of sp³-hybridized carbons (Fsp3) is 0.805. The van der Waals surface area contributed by atoms with Crippen molar-refractivity contribution in [2.24, 2.45) is 35.0 Å². The first kappa shape index (κ1) is 45.5. The Balaban J connectivity index is 0.000000191. The molecule has 0 radical (unpaired) electrons. The Kier molecular flexibility index (Phi) is 16.3. The second-order valence-corrected chi connectivity index (χ2v) is 16.5. The summed E-state index contributed by atoms with van der Waals surface area (Å²) in [5.41, 5.74) is -0.612. The largest absolute Gasteiger partial charge is 0.458 e. The predicted octanol–water partition coefficient (Wildman–Crippen LogP) is 4.49. The van der Waals surface area contributed by atoms with Gasteiger partial charge in [-0.25, -0.2) is 9.59 Å². The van der Waals surface area contributed by atoms with Gasteiger partial charge in [-0.2, -0.15) is 0 Å². The van der Waals surface area contributed by atoms with Gasteiger partial charge >= 0.3 is 47.8 Å². The molecule has 16 nitrogen and oxygen atoms in total. The highest BCUT2D eigenvalue weighted by Crippen LogP contribution is 2.38. The lowest BCUT2D eigenvalue weighted by Gasteiger charge is -2.26. The van der Waals surface area contributed by atoms with Crippen LogP contribution in [0.1, 0.15) is 126 Å². The van der Waals surface area contributed by atoms with Crippen molar-refractivity contribution in [3.63, 3.8) is 0 Å². The fourth-order valence-electron chi connectivity index (χ4n) is 7.20. The van der Waals surface area contributed by atoms with E-state index in [4.69, 9.17) is 37.9 Å². The number of hydrogen-bond acceptors (Lipinski definition) is 16. The first-order valence-corrected chi connectivity index (χ1v) is 20.5. The highest BCUT2D eigenvalue weighted by molar-refractivity contribution is 5.80. The maximum Gasteiger partial charge on any atom is 0.344 e. The number of carbonyl (C=O) groups is 8. The van der Waals surface area contributed by atoms with Gasteiger partial charge in [-0.3, -0.25) is 28.8 Å². The molecule has 0 aromatic rings. The quantitative estimate of drug-likeness (QED) is 0.185. The summed E-state index contributed by atoms with van der Waals surface area (Å²) >= 11 is 0. The molecule has 3 saturated heterocycles. The molecule has 6 rings (SSSR count). The lowest BCUT2D eigenvalue weighted by molar-refractivity contribution is -0.172. The monoisotopic (exact) mass is 808 g/mol. The second-order valence-electron chi connectivity index (χ2n) is 16.5. The molecule has 3 heterocycles. The lowest BCUT2D eigenvalue weighted by Crippen LogP contribution is -2.35. The average Bonchev–Trinajstić information content (AvgIpc) is 3.79. The van der Waals surface area contributed by atoms with Gasteiger partial charge in [0.2, 0.25) is 0 Å². The second kappa shape index (κ2) is 20.4. The van der Waals surface area contributed by atoms with E-state index >= 15 is 0 Å². The average molecular weight is 809 g/mol. The van der Waals surface area contributed by atoms with E-state index in [-0.39, 0.29) is 84.5 Å². The van der Waals surface area contributed by atoms with Crippen molar-refractivity contribution in [3.8, 4) is 0 Å². The molecule has 0 spiro atoms. The highest BCUT2D eigenvalue weighted by atomic mass is 16.6. The van der Waals surface area contributed by atoms with Crippen LogP contribution in [0.15, 0.2) is 0 Å². The van der Waals surface area contributed by atoms with Crippen molar-refractivity contribution in [1.82, 2.24) is 0 Å². The predicted molar refractivity (Wildman–Crippen MR) is 196 cm³/mol. The van der Waals surface area contributed by atoms with Crippen molar-refractivity contribution in [3.05, 3.63) is 0 Å². The van der Waals surface area contributed by atoms with Crippen molar-refractivity contribution in [1.29, 1.82) is 0 Å². The minimum atomic E-state index is -0.612. The van der Waals surface area contributed by atoms with Gasteiger partial charge in [-0.1, -0.05) is 34.6 Å². The summed E-state index contributed by atoms with van der Waals surface area (Å²) in [4.78, 5) is 92.3. The minimum Gasteiger partial charge on any atom is -0.458 e. The lowest BCUT2D eigenvalue weighted by atomic mass is 9.88. The zero-order valence-corrected chi connectivity index (χ0v) is 34.3. The number of fused-ring (bicyclic) bond motifs is 6. The maximum atomic E-state index is 11.8. The SMILES string of the molecule is CCC(C)(C)C(=O)OCC(=O)OC1CCC2CC1OC2=O.CCC(C)C(=O)OC1CCC2CC1OC2=O.CCC(C)C(=O)OCC(=O)OC1CCC2CC1OC2=O. The summed E-state index contributed by atoms with van der Waals surface area (Å²) in [6.45, 7) is 12.1. The maximum absolute atomic E-state index is 11.8. The Morgan fingerprint density at radius 1 is 0.579 bits per heavy atom. The number of hydrogen-bond donors (Lipinski definition) is 0. The van der Waals surface area contributed by atoms with E-state index < -0.39 is 48.1 Å². The van der Waals surface area contributed by atoms with Crippen LogP contribution in [-0.2, 0) is 76.3 Å². The molecule has 3 aliphatic heterocycles. The summed E-state index contributed by atoms with van der Waals surface area (Å²) in [6.07, 6.45) is 6.21. The molecule has 6 fully saturated rings. The van der Waals surface area contributed by atoms with E-state index in [1.54, 1.807) is 20.8 Å². The van der Waals surface area contributed by atoms with E-state index in [1.807, 2.05) is 27.7 Å². The third-order valence-electron chi connectivity index (χ3n) is 11.9. The minimum absolute atomic E-state index is 0.0433. The van der Waals surface area contributed by atoms with E-state index in [0.29, 0.717) is 51.4 Å². The summed E-state index contributed by atoms with van der Waals surface area (Å²) in [7, 11) is 0. The molecular formula is C41H60O16. The standard InChI is InChI=1S/C15H22O6.C14H20O6.C12H18O4/c1-4-15(2,3)14(18)19-8-12(16)20-10-6-5-9-7-11(10)21-13(9)17;1-3-8(2)13(16)18-7-12(15)19-10-5-4-9-6-11(10)20-14(9)17;1-3-7(2)11(13)15-9-5-4-8-6-10(9)16-12(8)14/h9-11H,4-8H2,1-3H3;8-11H,3-7H2,1-2H3;7-10H,3-6H2,1-2H3. The molecule has 3 aliphatic carbocycles. The smallest absolute Gasteiger partial charge is 0.344 e. The van der Waals surface area contributed by atoms with E-state index in [0.717, 1.165) is 25.7 Å². The molecule has 0 aromatic heterocycles. The number of ether oxygens (including phenoxy) is 8. The van der Waals surface area contributed by atoms with Crippen LogP contribution in [0.3, 0.4) is 0 Å². The van der Waals surface area contributed by atoms with E-state index in [9.17, 15) is 38.4 Å². The van der Waals surface area contributed by atoms with Gasteiger partial charge in [0.15, 0.2) is 13.2 Å². The van der Waals surface area contributed by atoms with Gasteiger partial charge in [0.1, 0.15) is 36.6 Å². The van der Waals surface area contributed by atoms with Gasteiger partial charge in [0.25, 0.3) is 0 Å². The first-order valence-electron chi connectivity index (χ1n) is 20.5. The Morgan fingerprint density at radius 3 is 1.33 bits per heavy atom. The molecule has 6 bridgehead atoms. The third kappa shape index (κ3) is 12.4. The van der Waals surface area contributed by atoms with Gasteiger partial charge in [-0.05, 0) is 71.6 Å². The molecule has 16 heteroatoms. The van der Waals surface area contributed by atoms with Crippen LogP contribution in [-0.4, -0.2) is 97.6 Å². The molecule has 57 heavy (non-hydrogen) atoms. The highest BCUT2D eigenvalue weighted by Gasteiger charge is 2.47. The molecule has 11 unspecified atom stereocenters. The summed E-state index contributed by atoms with van der Waals surface area (Å²) in [5, 5.41) is 0. The molecule has 320 valence electrons. The summed E-state index contributed by atoms with van der Waals surface area (Å²) in [6, 6.07) is 0. The zero-order chi connectivity index (χ0) is 42.0. The fourth-order valence-corrected chi connectivity index (χ4v) is 7.20. The van der Waals surface area contributed by atoms with Crippen LogP contribution in [0.5, 0.6) is 0 Å². The molecule has 11 atom stereocenters. The Bertz CT molecular complexity index is 1490. The zero-order valence-electron chi connectivity index (χ0n) is 34.3. The van der Waals surface area contributed by atoms with Crippen molar-refractivity contribution in [2.45, 2.75) is 162 Å². The van der Waals surface area contributed by atoms with Gasteiger partial charge in [-0.15, -0.1) is 0 Å². The van der Waals surface area contributed by atoms with Crippen LogP contribution in [0.4, 0.5) is 0 Å². The summed E-state index contributed by atoms with van der Waals surface area (Å²) < 4.78 is 41.3. The topological polar surface area (TPSA) is 210 Å². The van der Waals surface area contributed by atoms with Gasteiger partial charge in [0, 0.05) is 19.3 Å². The van der Waals surface area contributed by atoms with Crippen LogP contribution in [0.25, 0.3) is 0 Å². The molecule has 0 N–H and O–H groups in total. The van der Waals surface area contributed by atoms with Crippen molar-refractivity contribution in [2.75, 3.05) is 13.2 Å². The molecular weight excluding hydrogens is 748 g/mol. The number of rotatable bonds is 13. The molecule has 6 aliphatic rings. The van der Waals surface area contributed by atoms with Crippen LogP contribution in [0.2, 0.25) is 0 Å². The summed E-state index contributed by atoms with van der Waals surface area (Å²) in [5.74, 6) is -3.04. The molecule has 3 saturated carbocycles. The van der Waals surface area contributed by atoms with E-state index in [2.05, 4.69) is 0 Å². The van der Waals surface area contributed by atoms with Crippen LogP contribution < -0.4 is 0 Å². The van der Waals surface area contributed by atoms with E-state index in [1.165, 1.54) is 0 Å². The first-order chi connectivity index (χ1) is 27.0. The normalized spacial score (nSPS) is 30.3. The van der Waals surface area contributed by atoms with Crippen LogP contribution in [0, 0.1) is 35.0 Å². The Hall–Kier alpha value is -4.24. The molecule has 0 amide bonds. The van der Waals surface area contributed by atoms with Crippen LogP contribution >= 0.6 is 0 Å². The Morgan fingerprint density at radius 2 is 0.947 bits per heavy atom. The number of esters is 8. The van der Waals surface area contributed by atoms with Crippen molar-refractivity contribution < 1.29 is 76.3 Å². The number of carbonyl (C=O) groups excluding carboxylic acids is 8. The van der Waals surface area contributed by atoms with Gasteiger partial charge < -0.3 is 37.9 Å². The third-order valence-corrected chi connectivity index (χ3v) is 11.9. The molecule has 0 aromatic carbocycles. The van der Waals surface area contributed by atoms with Gasteiger partial charge in [0.05, 0.1) is 35.0 Å². The Labute approximate surface area is 334 Å². The van der Waals surface area contributed by atoms with Crippen molar-refractivity contribution >= 4 is 47.8 Å².